The van der Waals surface area contributed by atoms with Crippen molar-refractivity contribution >= 4 is 34.4 Å². The Balaban J connectivity index is 1.71. The van der Waals surface area contributed by atoms with Crippen molar-refractivity contribution in [2.45, 2.75) is 18.9 Å². The number of rotatable bonds is 5. The summed E-state index contributed by atoms with van der Waals surface area (Å²) in [4.78, 5) is 15.6. The quantitative estimate of drug-likeness (QED) is 0.630. The van der Waals surface area contributed by atoms with E-state index in [0.717, 1.165) is 54.6 Å². The highest BCUT2D eigenvalue weighted by molar-refractivity contribution is 6.29. The largest absolute Gasteiger partial charge is 0.404 e. The molecule has 0 aromatic carbocycles. The molecule has 0 bridgehead atoms. The van der Waals surface area contributed by atoms with Crippen LogP contribution in [0.5, 0.6) is 0 Å². The molecule has 0 aliphatic carbocycles. The van der Waals surface area contributed by atoms with Gasteiger partial charge in [-0.25, -0.2) is 4.98 Å². The number of β-amino-alcohol motifs (C(OH)–C–C–N with tert-alkyl or cyclic N) is 1. The molecule has 25 heavy (non-hydrogen) atoms. The van der Waals surface area contributed by atoms with E-state index in [4.69, 9.17) is 22.4 Å². The van der Waals surface area contributed by atoms with Crippen LogP contribution in [0.3, 0.4) is 0 Å². The molecular weight excluding hydrogens is 338 g/mol. The Bertz CT molecular complexity index is 784. The van der Waals surface area contributed by atoms with E-state index in [2.05, 4.69) is 19.9 Å². The lowest BCUT2D eigenvalue weighted by atomic mass is 10.1. The highest BCUT2D eigenvalue weighted by Gasteiger charge is 2.17. The number of piperidine rings is 1. The van der Waals surface area contributed by atoms with Crippen LogP contribution in [-0.2, 0) is 0 Å². The number of fused-ring (bicyclic) bond motifs is 1. The normalized spacial score (nSPS) is 17.6. The number of aromatic nitrogens is 2. The number of likely N-dealkylation sites (tertiary alicyclic amines) is 1. The Morgan fingerprint density at radius 2 is 2.16 bits per heavy atom. The summed E-state index contributed by atoms with van der Waals surface area (Å²) in [5, 5.41) is 9.44. The number of hydrogen-bond donors (Lipinski definition) is 2. The Morgan fingerprint density at radius 1 is 1.36 bits per heavy atom. The predicted octanol–water partition coefficient (Wildman–Crippen LogP) is 2.11. The zero-order chi connectivity index (χ0) is 17.6. The molecule has 3 rings (SSSR count). The number of halogens is 1. The van der Waals surface area contributed by atoms with Crippen LogP contribution in [0.15, 0.2) is 35.6 Å². The van der Waals surface area contributed by atoms with E-state index in [1.54, 1.807) is 12.3 Å². The van der Waals surface area contributed by atoms with Gasteiger partial charge in [0.05, 0.1) is 23.7 Å². The molecule has 0 spiro atoms. The fourth-order valence-electron chi connectivity index (χ4n) is 2.97. The van der Waals surface area contributed by atoms with Crippen LogP contribution in [-0.4, -0.2) is 58.5 Å². The summed E-state index contributed by atoms with van der Waals surface area (Å²) in [7, 11) is 0. The first-order valence-electron chi connectivity index (χ1n) is 8.40. The van der Waals surface area contributed by atoms with Crippen LogP contribution in [0.25, 0.3) is 16.6 Å². The Labute approximate surface area is 152 Å². The molecule has 0 unspecified atom stereocenters. The first-order valence-corrected chi connectivity index (χ1v) is 8.78. The van der Waals surface area contributed by atoms with E-state index in [9.17, 15) is 0 Å². The fraction of sp³-hybridized carbons (Fsp3) is 0.389. The van der Waals surface area contributed by atoms with Crippen molar-refractivity contribution in [1.82, 2.24) is 14.9 Å². The van der Waals surface area contributed by atoms with E-state index in [1.807, 2.05) is 18.3 Å². The minimum Gasteiger partial charge on any atom is -0.404 e. The highest BCUT2D eigenvalue weighted by Crippen LogP contribution is 2.19. The number of pyridine rings is 2. The lowest BCUT2D eigenvalue weighted by Gasteiger charge is -2.29. The maximum atomic E-state index is 9.00. The van der Waals surface area contributed by atoms with Gasteiger partial charge in [-0.15, -0.1) is 0 Å². The third kappa shape index (κ3) is 4.54. The molecule has 132 valence electrons. The third-order valence-electron chi connectivity index (χ3n) is 4.41. The molecule has 3 heterocycles. The SMILES string of the molecule is NC=C(C=NC1CCN(CCO)CC1)c1cnc2ccc(Cl)nc2c1. The average molecular weight is 360 g/mol. The van der Waals surface area contributed by atoms with Crippen LogP contribution >= 0.6 is 11.6 Å². The lowest BCUT2D eigenvalue weighted by molar-refractivity contribution is 0.165. The number of aliphatic hydroxyl groups excluding tert-OH is 1. The molecule has 1 fully saturated rings. The molecular formula is C18H22ClN5O. The summed E-state index contributed by atoms with van der Waals surface area (Å²) in [5.41, 5.74) is 8.99. The van der Waals surface area contributed by atoms with E-state index >= 15 is 0 Å². The van der Waals surface area contributed by atoms with E-state index in [0.29, 0.717) is 5.15 Å². The minimum atomic E-state index is 0.209. The predicted molar refractivity (Wildman–Crippen MR) is 102 cm³/mol. The topological polar surface area (TPSA) is 87.6 Å². The second-order valence-electron chi connectivity index (χ2n) is 6.09. The van der Waals surface area contributed by atoms with Gasteiger partial charge in [0, 0.05) is 49.4 Å². The number of aliphatic imine (C=N–C) groups is 1. The van der Waals surface area contributed by atoms with Gasteiger partial charge in [0.25, 0.3) is 0 Å². The van der Waals surface area contributed by atoms with Crippen LogP contribution in [0, 0.1) is 0 Å². The highest BCUT2D eigenvalue weighted by atomic mass is 35.5. The minimum absolute atomic E-state index is 0.209. The molecule has 2 aromatic rings. The van der Waals surface area contributed by atoms with Gasteiger partial charge in [0.15, 0.2) is 0 Å². The number of nitrogens with zero attached hydrogens (tertiary/aromatic N) is 4. The standard InChI is InChI=1S/C18H22ClN5O/c19-18-2-1-16-17(23-18)9-13(11-22-16)14(10-20)12-21-15-3-5-24(6-4-15)7-8-25/h1-2,9-12,15,25H,3-8,20H2. The van der Waals surface area contributed by atoms with E-state index < -0.39 is 0 Å². The van der Waals surface area contributed by atoms with Crippen molar-refractivity contribution in [3.63, 3.8) is 0 Å². The van der Waals surface area contributed by atoms with Crippen LogP contribution < -0.4 is 5.73 Å². The molecule has 7 heteroatoms. The van der Waals surface area contributed by atoms with Gasteiger partial charge < -0.3 is 15.7 Å². The van der Waals surface area contributed by atoms with Gasteiger partial charge in [0.2, 0.25) is 0 Å². The van der Waals surface area contributed by atoms with Crippen molar-refractivity contribution in [2.24, 2.45) is 10.7 Å². The van der Waals surface area contributed by atoms with Crippen molar-refractivity contribution in [3.8, 4) is 0 Å². The molecule has 6 nitrogen and oxygen atoms in total. The molecule has 0 atom stereocenters. The second kappa shape index (κ2) is 8.38. The molecule has 1 saturated heterocycles. The van der Waals surface area contributed by atoms with Crippen LogP contribution in [0.4, 0.5) is 0 Å². The van der Waals surface area contributed by atoms with Gasteiger partial charge in [-0.1, -0.05) is 11.6 Å². The zero-order valence-electron chi connectivity index (χ0n) is 14.0. The lowest BCUT2D eigenvalue weighted by Crippen LogP contribution is -2.37. The van der Waals surface area contributed by atoms with Gasteiger partial charge in [-0.05, 0) is 31.0 Å². The van der Waals surface area contributed by atoms with E-state index in [-0.39, 0.29) is 12.6 Å². The Hall–Kier alpha value is -2.02. The number of allylic oxidation sites excluding steroid dienone is 1. The fourth-order valence-corrected chi connectivity index (χ4v) is 3.13. The summed E-state index contributed by atoms with van der Waals surface area (Å²) >= 11 is 5.96. The zero-order valence-corrected chi connectivity index (χ0v) is 14.7. The molecule has 2 aromatic heterocycles. The maximum Gasteiger partial charge on any atom is 0.129 e. The van der Waals surface area contributed by atoms with Gasteiger partial charge in [-0.2, -0.15) is 0 Å². The third-order valence-corrected chi connectivity index (χ3v) is 4.62. The maximum absolute atomic E-state index is 9.00. The van der Waals surface area contributed by atoms with Crippen LogP contribution in [0.1, 0.15) is 18.4 Å². The molecule has 1 aliphatic rings. The van der Waals surface area contributed by atoms with Gasteiger partial charge in [0.1, 0.15) is 5.15 Å². The molecule has 3 N–H and O–H groups in total. The number of aliphatic hydroxyl groups is 1. The van der Waals surface area contributed by atoms with Crippen LogP contribution in [0.2, 0.25) is 5.15 Å². The summed E-state index contributed by atoms with van der Waals surface area (Å²) in [6.07, 6.45) is 7.10. The van der Waals surface area contributed by atoms with E-state index in [1.165, 1.54) is 6.20 Å². The smallest absolute Gasteiger partial charge is 0.129 e. The molecule has 0 saturated carbocycles. The summed E-state index contributed by atoms with van der Waals surface area (Å²) in [6.45, 7) is 2.87. The van der Waals surface area contributed by atoms with Gasteiger partial charge >= 0.3 is 0 Å². The Morgan fingerprint density at radius 3 is 2.88 bits per heavy atom. The second-order valence-corrected chi connectivity index (χ2v) is 6.48. The first-order chi connectivity index (χ1) is 12.2. The van der Waals surface area contributed by atoms with Crippen molar-refractivity contribution in [3.05, 3.63) is 41.3 Å². The number of nitrogens with two attached hydrogens (primary N) is 1. The molecule has 0 amide bonds. The summed E-state index contributed by atoms with van der Waals surface area (Å²) in [6, 6.07) is 5.77. The summed E-state index contributed by atoms with van der Waals surface area (Å²) < 4.78 is 0. The van der Waals surface area contributed by atoms with Crippen molar-refractivity contribution in [1.29, 1.82) is 0 Å². The number of hydrogen-bond acceptors (Lipinski definition) is 6. The van der Waals surface area contributed by atoms with Gasteiger partial charge in [-0.3, -0.25) is 9.98 Å². The van der Waals surface area contributed by atoms with Crippen molar-refractivity contribution < 1.29 is 5.11 Å². The average Bonchev–Trinajstić information content (AvgIpc) is 2.63. The Kier molecular flexibility index (Phi) is 5.96. The monoisotopic (exact) mass is 359 g/mol. The summed E-state index contributed by atoms with van der Waals surface area (Å²) in [5.74, 6) is 0. The molecule has 1 aliphatic heterocycles. The first kappa shape index (κ1) is 17.8. The molecule has 0 radical (unpaired) electrons. The van der Waals surface area contributed by atoms with Crippen molar-refractivity contribution in [2.75, 3.05) is 26.2 Å².